The Bertz CT molecular complexity index is 2120. The minimum Gasteiger partial charge on any atom is -0.508 e. The number of phenols is 1. The first-order valence-electron chi connectivity index (χ1n) is 16.8. The summed E-state index contributed by atoms with van der Waals surface area (Å²) in [4.78, 5) is 30.7. The molecule has 10 nitrogen and oxygen atoms in total. The average Bonchev–Trinajstić information content (AvgIpc) is 3.65. The number of aromatic hydroxyl groups is 1. The lowest BCUT2D eigenvalue weighted by atomic mass is 9.83. The number of fused-ring (bicyclic) bond motifs is 3. The monoisotopic (exact) mass is 677 g/mol. The molecule has 1 amide bonds. The quantitative estimate of drug-likeness (QED) is 0.189. The number of aromatic nitrogens is 3. The molecule has 50 heavy (non-hydrogen) atoms. The zero-order valence-electron chi connectivity index (χ0n) is 27.8. The number of hydrogen-bond acceptors (Lipinski definition) is 9. The van der Waals surface area contributed by atoms with E-state index in [1.54, 1.807) is 0 Å². The molecule has 0 saturated carbocycles. The first-order valence-corrected chi connectivity index (χ1v) is 16.8. The van der Waals surface area contributed by atoms with Gasteiger partial charge in [0, 0.05) is 36.3 Å². The number of amides is 1. The third kappa shape index (κ3) is 5.84. The standard InChI is InChI=1S/C38H37F2N7O3/c1-4-26-29(39)9-8-23-16-25(48)17-27(31(23)26)33-32(40)34-28(19-42-33)35(45-36(44-34)50-22-38-10-6-13-47(38)14-7-11-38)46-15-12-37(3,21-41)18-24(20-46)43-30(49)5-2/h1,5,8-9,16-17,19,24,48H,2,6-7,10-15,18,20,22H2,3H3,(H,43,49)/t24-,37-/m0/s1. The number of anilines is 1. The predicted molar refractivity (Wildman–Crippen MR) is 185 cm³/mol. The van der Waals surface area contributed by atoms with Crippen LogP contribution in [0.25, 0.3) is 32.9 Å². The van der Waals surface area contributed by atoms with Gasteiger partial charge in [-0.3, -0.25) is 14.7 Å². The molecule has 2 atom stereocenters. The van der Waals surface area contributed by atoms with Gasteiger partial charge in [-0.1, -0.05) is 18.6 Å². The van der Waals surface area contributed by atoms with Crippen molar-refractivity contribution in [2.75, 3.05) is 37.7 Å². The number of pyridine rings is 1. The second-order valence-corrected chi connectivity index (χ2v) is 13.9. The number of halogens is 2. The van der Waals surface area contributed by atoms with Crippen LogP contribution < -0.4 is 15.0 Å². The number of rotatable bonds is 7. The Morgan fingerprint density at radius 2 is 2.00 bits per heavy atom. The molecular weight excluding hydrogens is 640 g/mol. The molecule has 3 aliphatic rings. The molecule has 2 aromatic carbocycles. The zero-order chi connectivity index (χ0) is 35.2. The summed E-state index contributed by atoms with van der Waals surface area (Å²) >= 11 is 0. The fourth-order valence-electron chi connectivity index (χ4n) is 8.03. The number of nitrogens with zero attached hydrogens (tertiary/aromatic N) is 6. The Labute approximate surface area is 288 Å². The first kappa shape index (κ1) is 33.2. The van der Waals surface area contributed by atoms with E-state index in [0.717, 1.165) is 38.8 Å². The Morgan fingerprint density at radius 3 is 2.72 bits per heavy atom. The summed E-state index contributed by atoms with van der Waals surface area (Å²) in [6.07, 6.45) is 13.3. The Balaban J connectivity index is 1.39. The predicted octanol–water partition coefficient (Wildman–Crippen LogP) is 5.62. The number of carbonyl (C=O) groups is 1. The van der Waals surface area contributed by atoms with Gasteiger partial charge in [0.2, 0.25) is 5.91 Å². The van der Waals surface area contributed by atoms with Crippen LogP contribution in [-0.2, 0) is 4.79 Å². The zero-order valence-corrected chi connectivity index (χ0v) is 27.8. The van der Waals surface area contributed by atoms with Crippen LogP contribution in [0.5, 0.6) is 11.8 Å². The summed E-state index contributed by atoms with van der Waals surface area (Å²) in [6.45, 7) is 8.39. The highest BCUT2D eigenvalue weighted by atomic mass is 19.1. The summed E-state index contributed by atoms with van der Waals surface area (Å²) in [5.74, 6) is 0.665. The van der Waals surface area contributed by atoms with Gasteiger partial charge in [0.1, 0.15) is 35.2 Å². The van der Waals surface area contributed by atoms with E-state index < -0.39 is 23.1 Å². The van der Waals surface area contributed by atoms with Crippen molar-refractivity contribution < 1.29 is 23.4 Å². The molecule has 0 aliphatic carbocycles. The van der Waals surface area contributed by atoms with Gasteiger partial charge in [0.15, 0.2) is 5.82 Å². The van der Waals surface area contributed by atoms with Gasteiger partial charge in [0.05, 0.1) is 28.0 Å². The van der Waals surface area contributed by atoms with Gasteiger partial charge >= 0.3 is 6.01 Å². The van der Waals surface area contributed by atoms with E-state index in [-0.39, 0.29) is 62.9 Å². The Hall–Kier alpha value is -5.33. The van der Waals surface area contributed by atoms with E-state index in [1.807, 2.05) is 11.8 Å². The van der Waals surface area contributed by atoms with Crippen LogP contribution in [0.2, 0.25) is 0 Å². The second-order valence-electron chi connectivity index (χ2n) is 13.9. The van der Waals surface area contributed by atoms with Gasteiger partial charge in [-0.05, 0) is 88.2 Å². The molecule has 3 saturated heterocycles. The van der Waals surface area contributed by atoms with E-state index in [0.29, 0.717) is 37.2 Å². The van der Waals surface area contributed by atoms with Gasteiger partial charge in [-0.15, -0.1) is 6.42 Å². The van der Waals surface area contributed by atoms with Gasteiger partial charge in [-0.25, -0.2) is 8.78 Å². The lowest BCUT2D eigenvalue weighted by molar-refractivity contribution is -0.117. The van der Waals surface area contributed by atoms with E-state index >= 15 is 4.39 Å². The smallest absolute Gasteiger partial charge is 0.319 e. The number of phenolic OH excluding ortho intramolecular Hbond substituents is 1. The molecule has 2 N–H and O–H groups in total. The average molecular weight is 678 g/mol. The molecule has 0 unspecified atom stereocenters. The van der Waals surface area contributed by atoms with Crippen molar-refractivity contribution in [2.45, 2.75) is 57.0 Å². The van der Waals surface area contributed by atoms with Crippen molar-refractivity contribution in [3.8, 4) is 41.4 Å². The molecule has 5 heterocycles. The SMILES string of the molecule is C#Cc1c(F)ccc2cc(O)cc(-c3ncc4c(N5CC[C@](C)(C#N)C[C@H](NC(=O)C=C)C5)nc(OCC56CCCN5CCC6)nc4c3F)c12. The number of hydrogen-bond donors (Lipinski definition) is 2. The summed E-state index contributed by atoms with van der Waals surface area (Å²) < 4.78 is 38.3. The van der Waals surface area contributed by atoms with E-state index in [1.165, 1.54) is 36.5 Å². The summed E-state index contributed by atoms with van der Waals surface area (Å²) in [5, 5.41) is 24.5. The lowest BCUT2D eigenvalue weighted by Gasteiger charge is -2.31. The molecule has 4 aromatic rings. The third-order valence-electron chi connectivity index (χ3n) is 10.5. The van der Waals surface area contributed by atoms with Crippen molar-refractivity contribution >= 4 is 33.4 Å². The normalized spacial score (nSPS) is 21.7. The number of benzene rings is 2. The van der Waals surface area contributed by atoms with Crippen molar-refractivity contribution in [3.63, 3.8) is 0 Å². The van der Waals surface area contributed by atoms with Crippen LogP contribution >= 0.6 is 0 Å². The molecule has 7 rings (SSSR count). The molecule has 0 bridgehead atoms. The minimum atomic E-state index is -0.829. The molecule has 2 aromatic heterocycles. The van der Waals surface area contributed by atoms with Gasteiger partial charge in [-0.2, -0.15) is 15.2 Å². The molecular formula is C38H37F2N7O3. The number of terminal acetylenes is 1. The largest absolute Gasteiger partial charge is 0.508 e. The van der Waals surface area contributed by atoms with Crippen molar-refractivity contribution in [2.24, 2.45) is 5.41 Å². The molecule has 12 heteroatoms. The highest BCUT2D eigenvalue weighted by Gasteiger charge is 2.45. The van der Waals surface area contributed by atoms with Crippen molar-refractivity contribution in [1.29, 1.82) is 5.26 Å². The lowest BCUT2D eigenvalue weighted by Crippen LogP contribution is -2.44. The van der Waals surface area contributed by atoms with Gasteiger partial charge in [0.25, 0.3) is 0 Å². The maximum absolute atomic E-state index is 17.0. The molecule has 3 fully saturated rings. The number of carbonyl (C=O) groups excluding carboxylic acids is 1. The summed E-state index contributed by atoms with van der Waals surface area (Å²) in [5.41, 5.74) is -1.13. The summed E-state index contributed by atoms with van der Waals surface area (Å²) in [7, 11) is 0. The molecule has 3 aliphatic heterocycles. The van der Waals surface area contributed by atoms with Crippen molar-refractivity contribution in [1.82, 2.24) is 25.2 Å². The van der Waals surface area contributed by atoms with E-state index in [2.05, 4.69) is 38.8 Å². The number of nitriles is 1. The fourth-order valence-corrected chi connectivity index (χ4v) is 8.03. The van der Waals surface area contributed by atoms with Crippen LogP contribution in [0.4, 0.5) is 14.6 Å². The fraction of sp³-hybridized carbons (Fsp3) is 0.395. The summed E-state index contributed by atoms with van der Waals surface area (Å²) in [6, 6.07) is 7.33. The Morgan fingerprint density at radius 1 is 1.22 bits per heavy atom. The van der Waals surface area contributed by atoms with E-state index in [9.17, 15) is 19.6 Å². The first-order chi connectivity index (χ1) is 24.1. The Kier molecular flexibility index (Phi) is 8.53. The van der Waals surface area contributed by atoms with Gasteiger partial charge < -0.3 is 20.1 Å². The van der Waals surface area contributed by atoms with Crippen LogP contribution in [-0.4, -0.2) is 75.2 Å². The van der Waals surface area contributed by atoms with E-state index in [4.69, 9.17) is 16.1 Å². The van der Waals surface area contributed by atoms with Crippen LogP contribution in [0.3, 0.4) is 0 Å². The maximum atomic E-state index is 17.0. The highest BCUT2D eigenvalue weighted by Crippen LogP contribution is 2.41. The highest BCUT2D eigenvalue weighted by molar-refractivity contribution is 6.03. The molecule has 0 radical (unpaired) electrons. The number of ether oxygens (including phenoxy) is 1. The second kappa shape index (κ2) is 12.8. The maximum Gasteiger partial charge on any atom is 0.319 e. The van der Waals surface area contributed by atoms with Crippen LogP contribution in [0.15, 0.2) is 43.1 Å². The van der Waals surface area contributed by atoms with Crippen molar-refractivity contribution in [3.05, 3.63) is 60.3 Å². The van der Waals surface area contributed by atoms with Crippen LogP contribution in [0, 0.1) is 40.7 Å². The van der Waals surface area contributed by atoms with Crippen LogP contribution in [0.1, 0.15) is 51.0 Å². The molecule has 256 valence electrons. The minimum absolute atomic E-state index is 0.0215. The topological polar surface area (TPSA) is 128 Å². The molecule has 0 spiro atoms. The third-order valence-corrected chi connectivity index (χ3v) is 10.5. The number of nitrogens with one attached hydrogen (secondary N) is 1.